The van der Waals surface area contributed by atoms with Crippen molar-refractivity contribution in [3.05, 3.63) is 35.9 Å². The number of halogens is 1. The van der Waals surface area contributed by atoms with E-state index in [0.717, 1.165) is 6.42 Å². The van der Waals surface area contributed by atoms with Crippen LogP contribution in [0.5, 0.6) is 0 Å². The molecule has 0 aliphatic carbocycles. The third kappa shape index (κ3) is 2.50. The molecule has 0 fully saturated rings. The molecule has 1 aliphatic heterocycles. The van der Waals surface area contributed by atoms with Gasteiger partial charge in [0.2, 0.25) is 0 Å². The monoisotopic (exact) mass is 196 g/mol. The van der Waals surface area contributed by atoms with Gasteiger partial charge in [0, 0.05) is 0 Å². The lowest BCUT2D eigenvalue weighted by Gasteiger charge is -2.03. The van der Waals surface area contributed by atoms with Crippen LogP contribution in [-0.4, -0.2) is 11.9 Å². The van der Waals surface area contributed by atoms with Crippen LogP contribution < -0.4 is 0 Å². The highest BCUT2D eigenvalue weighted by molar-refractivity contribution is 6.23. The summed E-state index contributed by atoms with van der Waals surface area (Å²) in [6.45, 7) is 0.542. The van der Waals surface area contributed by atoms with E-state index in [2.05, 4.69) is 10.2 Å². The molecule has 0 spiro atoms. The van der Waals surface area contributed by atoms with Gasteiger partial charge in [-0.2, -0.15) is 0 Å². The molecule has 4 heteroatoms. The smallest absolute Gasteiger partial charge is 0.320 e. The third-order valence-electron chi connectivity index (χ3n) is 1.78. The Balaban J connectivity index is 1.74. The Bertz CT molecular complexity index is 307. The van der Waals surface area contributed by atoms with Gasteiger partial charge in [0.05, 0.1) is 6.61 Å². The molecule has 1 heterocycles. The molecule has 0 saturated heterocycles. The van der Waals surface area contributed by atoms with Crippen LogP contribution in [0.4, 0.5) is 0 Å². The van der Waals surface area contributed by atoms with Crippen LogP contribution in [0.3, 0.4) is 0 Å². The van der Waals surface area contributed by atoms with E-state index in [1.807, 2.05) is 30.3 Å². The molecule has 1 aromatic rings. The SMILES string of the molecule is ClC1(OCCc2ccccc2)N=N1. The molecule has 0 amide bonds. The zero-order valence-electron chi connectivity index (χ0n) is 6.98. The van der Waals surface area contributed by atoms with Gasteiger partial charge in [0.15, 0.2) is 0 Å². The minimum atomic E-state index is -1.05. The second kappa shape index (κ2) is 3.44. The van der Waals surface area contributed by atoms with Gasteiger partial charge in [-0.25, -0.2) is 0 Å². The van der Waals surface area contributed by atoms with E-state index in [4.69, 9.17) is 16.3 Å². The van der Waals surface area contributed by atoms with Crippen molar-refractivity contribution >= 4 is 11.6 Å². The van der Waals surface area contributed by atoms with Crippen LogP contribution in [0, 0.1) is 0 Å². The Morgan fingerprint density at radius 1 is 1.23 bits per heavy atom. The molecular weight excluding hydrogens is 188 g/mol. The Kier molecular flexibility index (Phi) is 2.29. The van der Waals surface area contributed by atoms with E-state index in [1.165, 1.54) is 5.56 Å². The molecule has 2 rings (SSSR count). The van der Waals surface area contributed by atoms with Gasteiger partial charge < -0.3 is 4.74 Å². The molecule has 13 heavy (non-hydrogen) atoms. The van der Waals surface area contributed by atoms with Crippen LogP contribution in [0.25, 0.3) is 0 Å². The summed E-state index contributed by atoms with van der Waals surface area (Å²) in [4.78, 5) is 0. The molecular formula is C9H9ClN2O. The van der Waals surface area contributed by atoms with Crippen molar-refractivity contribution in [2.75, 3.05) is 6.61 Å². The Labute approximate surface area is 81.4 Å². The van der Waals surface area contributed by atoms with Gasteiger partial charge in [0.1, 0.15) is 0 Å². The molecule has 0 unspecified atom stereocenters. The molecule has 0 aromatic heterocycles. The van der Waals surface area contributed by atoms with Gasteiger partial charge in [-0.3, -0.25) is 0 Å². The number of alkyl halides is 1. The topological polar surface area (TPSA) is 34.0 Å². The fraction of sp³-hybridized carbons (Fsp3) is 0.333. The fourth-order valence-electron chi connectivity index (χ4n) is 1.04. The average molecular weight is 197 g/mol. The molecule has 3 nitrogen and oxygen atoms in total. The number of benzene rings is 1. The summed E-state index contributed by atoms with van der Waals surface area (Å²) >= 11 is 5.65. The van der Waals surface area contributed by atoms with Gasteiger partial charge in [-0.15, -0.1) is 10.2 Å². The first-order valence-electron chi connectivity index (χ1n) is 4.09. The maximum atomic E-state index is 5.65. The average Bonchev–Trinajstić information content (AvgIpc) is 2.86. The van der Waals surface area contributed by atoms with Crippen molar-refractivity contribution in [3.63, 3.8) is 0 Å². The largest absolute Gasteiger partial charge is 0.375 e. The molecule has 68 valence electrons. The molecule has 0 radical (unpaired) electrons. The second-order valence-electron chi connectivity index (χ2n) is 2.81. The normalized spacial score (nSPS) is 17.3. The number of nitrogens with zero attached hydrogens (tertiary/aromatic N) is 2. The zero-order chi connectivity index (χ0) is 9.15. The van der Waals surface area contributed by atoms with Crippen LogP contribution in [0.1, 0.15) is 5.56 Å². The first-order valence-corrected chi connectivity index (χ1v) is 4.47. The maximum Gasteiger partial charge on any atom is 0.375 e. The summed E-state index contributed by atoms with van der Waals surface area (Å²) in [6.07, 6.45) is 0.834. The van der Waals surface area contributed by atoms with Crippen molar-refractivity contribution < 1.29 is 4.74 Å². The Morgan fingerprint density at radius 2 is 1.92 bits per heavy atom. The number of hydrogen-bond donors (Lipinski definition) is 0. The minimum Gasteiger partial charge on any atom is -0.320 e. The number of rotatable bonds is 4. The van der Waals surface area contributed by atoms with Gasteiger partial charge in [-0.05, 0) is 23.6 Å². The van der Waals surface area contributed by atoms with Crippen LogP contribution in [0.2, 0.25) is 0 Å². The van der Waals surface area contributed by atoms with Crippen LogP contribution in [-0.2, 0) is 11.2 Å². The van der Waals surface area contributed by atoms with E-state index in [0.29, 0.717) is 6.61 Å². The molecule has 0 N–H and O–H groups in total. The standard InChI is InChI=1S/C9H9ClN2O/c10-9(11-12-9)13-7-6-8-4-2-1-3-5-8/h1-5H,6-7H2. The van der Waals surface area contributed by atoms with Crippen LogP contribution >= 0.6 is 11.6 Å². The lowest BCUT2D eigenvalue weighted by Crippen LogP contribution is -2.09. The van der Waals surface area contributed by atoms with Crippen molar-refractivity contribution in [2.45, 2.75) is 11.7 Å². The highest BCUT2D eigenvalue weighted by Gasteiger charge is 2.38. The van der Waals surface area contributed by atoms with Crippen molar-refractivity contribution in [1.29, 1.82) is 0 Å². The summed E-state index contributed by atoms with van der Waals surface area (Å²) in [5.41, 5.74) is 1.23. The first kappa shape index (κ1) is 8.66. The molecule has 0 saturated carbocycles. The van der Waals surface area contributed by atoms with E-state index in [9.17, 15) is 0 Å². The van der Waals surface area contributed by atoms with Crippen LogP contribution in [0.15, 0.2) is 40.6 Å². The molecule has 0 atom stereocenters. The van der Waals surface area contributed by atoms with Crippen molar-refractivity contribution in [1.82, 2.24) is 0 Å². The highest BCUT2D eigenvalue weighted by atomic mass is 35.5. The van der Waals surface area contributed by atoms with E-state index in [-0.39, 0.29) is 0 Å². The molecule has 1 aromatic carbocycles. The number of hydrogen-bond acceptors (Lipinski definition) is 3. The third-order valence-corrected chi connectivity index (χ3v) is 2.04. The van der Waals surface area contributed by atoms with E-state index < -0.39 is 5.31 Å². The number of ether oxygens (including phenoxy) is 1. The summed E-state index contributed by atoms with van der Waals surface area (Å²) in [5.74, 6) is 0. The summed E-state index contributed by atoms with van der Waals surface area (Å²) in [7, 11) is 0. The lowest BCUT2D eigenvalue weighted by molar-refractivity contribution is 0.0809. The van der Waals surface area contributed by atoms with Gasteiger partial charge in [0.25, 0.3) is 0 Å². The first-order chi connectivity index (χ1) is 6.29. The quantitative estimate of drug-likeness (QED) is 0.538. The maximum absolute atomic E-state index is 5.65. The predicted molar refractivity (Wildman–Crippen MR) is 49.5 cm³/mol. The van der Waals surface area contributed by atoms with Crippen molar-refractivity contribution in [2.24, 2.45) is 10.2 Å². The van der Waals surface area contributed by atoms with E-state index >= 15 is 0 Å². The molecule has 0 bridgehead atoms. The zero-order valence-corrected chi connectivity index (χ0v) is 7.74. The van der Waals surface area contributed by atoms with Gasteiger partial charge >= 0.3 is 5.31 Å². The Hall–Kier alpha value is -0.930. The van der Waals surface area contributed by atoms with Crippen molar-refractivity contribution in [3.8, 4) is 0 Å². The summed E-state index contributed by atoms with van der Waals surface area (Å²) < 4.78 is 5.18. The predicted octanol–water partition coefficient (Wildman–Crippen LogP) is 2.56. The lowest BCUT2D eigenvalue weighted by atomic mass is 10.2. The highest BCUT2D eigenvalue weighted by Crippen LogP contribution is 2.33. The minimum absolute atomic E-state index is 0.542. The fourth-order valence-corrected chi connectivity index (χ4v) is 1.16. The van der Waals surface area contributed by atoms with E-state index in [1.54, 1.807) is 0 Å². The summed E-state index contributed by atoms with van der Waals surface area (Å²) in [5, 5.41) is 6.02. The summed E-state index contributed by atoms with van der Waals surface area (Å²) in [6, 6.07) is 10.1. The Morgan fingerprint density at radius 3 is 2.54 bits per heavy atom. The molecule has 1 aliphatic rings. The van der Waals surface area contributed by atoms with Gasteiger partial charge in [-0.1, -0.05) is 30.3 Å². The second-order valence-corrected chi connectivity index (χ2v) is 3.31.